The molecule has 2 aromatic carbocycles. The second kappa shape index (κ2) is 10.8. The summed E-state index contributed by atoms with van der Waals surface area (Å²) in [5.74, 6) is 3.14. The van der Waals surface area contributed by atoms with Crippen LogP contribution in [-0.2, 0) is 6.42 Å². The summed E-state index contributed by atoms with van der Waals surface area (Å²) in [7, 11) is 0. The third kappa shape index (κ3) is 5.67. The van der Waals surface area contributed by atoms with Crippen molar-refractivity contribution in [2.45, 2.75) is 64.2 Å². The SMILES string of the molecule is C=CCCc1ccc(-c2ccc(C3CCC(C4C=CC(C=CC)CC4)CC3)cc2)cc1. The minimum Gasteiger partial charge on any atom is -0.103 e. The van der Waals surface area contributed by atoms with E-state index < -0.39 is 0 Å². The second-order valence-electron chi connectivity index (χ2n) is 9.57. The summed E-state index contributed by atoms with van der Waals surface area (Å²) >= 11 is 0. The third-order valence-electron chi connectivity index (χ3n) is 7.56. The molecule has 2 atom stereocenters. The monoisotopic (exact) mass is 410 g/mol. The molecule has 0 radical (unpaired) electrons. The minimum atomic E-state index is 0.680. The van der Waals surface area contributed by atoms with Crippen molar-refractivity contribution in [1.82, 2.24) is 0 Å². The van der Waals surface area contributed by atoms with Gasteiger partial charge in [-0.1, -0.05) is 78.9 Å². The van der Waals surface area contributed by atoms with Gasteiger partial charge in [0.25, 0.3) is 0 Å². The quantitative estimate of drug-likeness (QED) is 0.400. The van der Waals surface area contributed by atoms with Crippen molar-refractivity contribution in [2.24, 2.45) is 17.8 Å². The van der Waals surface area contributed by atoms with Crippen LogP contribution in [0.3, 0.4) is 0 Å². The first-order chi connectivity index (χ1) is 15.3. The molecule has 2 aliphatic rings. The lowest BCUT2D eigenvalue weighted by Crippen LogP contribution is -2.22. The molecule has 2 aromatic rings. The average molecular weight is 411 g/mol. The highest BCUT2D eigenvalue weighted by atomic mass is 14.3. The van der Waals surface area contributed by atoms with Gasteiger partial charge < -0.3 is 0 Å². The number of allylic oxidation sites excluding steroid dienone is 5. The molecular weight excluding hydrogens is 372 g/mol. The Kier molecular flexibility index (Phi) is 7.62. The molecular formula is C31H38. The Labute approximate surface area is 189 Å². The largest absolute Gasteiger partial charge is 0.103 e. The zero-order valence-electron chi connectivity index (χ0n) is 19.2. The van der Waals surface area contributed by atoms with E-state index in [9.17, 15) is 0 Å². The Morgan fingerprint density at radius 2 is 1.48 bits per heavy atom. The van der Waals surface area contributed by atoms with Crippen molar-refractivity contribution < 1.29 is 0 Å². The molecule has 0 N–H and O–H groups in total. The minimum absolute atomic E-state index is 0.680. The Balaban J connectivity index is 1.31. The lowest BCUT2D eigenvalue weighted by molar-refractivity contribution is 0.245. The molecule has 1 fully saturated rings. The van der Waals surface area contributed by atoms with Crippen molar-refractivity contribution in [3.63, 3.8) is 0 Å². The van der Waals surface area contributed by atoms with Gasteiger partial charge in [-0.3, -0.25) is 0 Å². The Bertz CT molecular complexity index is 873. The van der Waals surface area contributed by atoms with Crippen LogP contribution in [0, 0.1) is 17.8 Å². The van der Waals surface area contributed by atoms with Gasteiger partial charge >= 0.3 is 0 Å². The summed E-state index contributed by atoms with van der Waals surface area (Å²) < 4.78 is 0. The van der Waals surface area contributed by atoms with Crippen LogP contribution in [0.4, 0.5) is 0 Å². The number of benzene rings is 2. The summed E-state index contributed by atoms with van der Waals surface area (Å²) in [4.78, 5) is 0. The number of aryl methyl sites for hydroxylation is 1. The van der Waals surface area contributed by atoms with Crippen LogP contribution < -0.4 is 0 Å². The molecule has 1 saturated carbocycles. The number of rotatable bonds is 7. The zero-order chi connectivity index (χ0) is 21.5. The van der Waals surface area contributed by atoms with Gasteiger partial charge in [0.2, 0.25) is 0 Å². The second-order valence-corrected chi connectivity index (χ2v) is 9.57. The van der Waals surface area contributed by atoms with Crippen LogP contribution in [0.5, 0.6) is 0 Å². The van der Waals surface area contributed by atoms with E-state index in [1.54, 1.807) is 0 Å². The predicted molar refractivity (Wildman–Crippen MR) is 135 cm³/mol. The van der Waals surface area contributed by atoms with E-state index in [1.165, 1.54) is 60.8 Å². The molecule has 2 unspecified atom stereocenters. The Morgan fingerprint density at radius 3 is 2.06 bits per heavy atom. The van der Waals surface area contributed by atoms with Crippen molar-refractivity contribution in [3.8, 4) is 11.1 Å². The van der Waals surface area contributed by atoms with Gasteiger partial charge in [0.15, 0.2) is 0 Å². The fraction of sp³-hybridized carbons (Fsp3) is 0.419. The van der Waals surface area contributed by atoms with Crippen molar-refractivity contribution >= 4 is 0 Å². The summed E-state index contributed by atoms with van der Waals surface area (Å²) in [6, 6.07) is 18.5. The van der Waals surface area contributed by atoms with Crippen LogP contribution in [0.15, 0.2) is 85.5 Å². The molecule has 0 spiro atoms. The maximum Gasteiger partial charge on any atom is -0.00533 e. The highest BCUT2D eigenvalue weighted by molar-refractivity contribution is 5.64. The molecule has 31 heavy (non-hydrogen) atoms. The molecule has 4 rings (SSSR count). The number of hydrogen-bond donors (Lipinski definition) is 0. The van der Waals surface area contributed by atoms with Gasteiger partial charge in [-0.2, -0.15) is 0 Å². The maximum absolute atomic E-state index is 3.82. The maximum atomic E-state index is 3.82. The van der Waals surface area contributed by atoms with Crippen molar-refractivity contribution in [2.75, 3.05) is 0 Å². The van der Waals surface area contributed by atoms with Gasteiger partial charge in [0.05, 0.1) is 0 Å². The molecule has 0 aromatic heterocycles. The fourth-order valence-corrected chi connectivity index (χ4v) is 5.62. The molecule has 0 aliphatic heterocycles. The summed E-state index contributed by atoms with van der Waals surface area (Å²) in [5, 5.41) is 0. The van der Waals surface area contributed by atoms with Gasteiger partial charge in [0, 0.05) is 0 Å². The molecule has 0 nitrogen and oxygen atoms in total. The van der Waals surface area contributed by atoms with Crippen LogP contribution in [-0.4, -0.2) is 0 Å². The first-order valence-corrected chi connectivity index (χ1v) is 12.4. The molecule has 162 valence electrons. The summed E-state index contributed by atoms with van der Waals surface area (Å²) in [6.07, 6.45) is 21.9. The highest BCUT2D eigenvalue weighted by Gasteiger charge is 2.28. The molecule has 2 aliphatic carbocycles. The summed E-state index contributed by atoms with van der Waals surface area (Å²) in [6.45, 7) is 5.95. The first-order valence-electron chi connectivity index (χ1n) is 12.4. The third-order valence-corrected chi connectivity index (χ3v) is 7.56. The fourth-order valence-electron chi connectivity index (χ4n) is 5.62. The van der Waals surface area contributed by atoms with Gasteiger partial charge in [-0.15, -0.1) is 6.58 Å². The predicted octanol–water partition coefficient (Wildman–Crippen LogP) is 8.90. The molecule has 0 amide bonds. The van der Waals surface area contributed by atoms with Crippen LogP contribution in [0.2, 0.25) is 0 Å². The van der Waals surface area contributed by atoms with Gasteiger partial charge in [0.1, 0.15) is 0 Å². The molecule has 0 bridgehead atoms. The van der Waals surface area contributed by atoms with E-state index in [-0.39, 0.29) is 0 Å². The van der Waals surface area contributed by atoms with E-state index in [0.29, 0.717) is 5.92 Å². The average Bonchev–Trinajstić information content (AvgIpc) is 2.84. The molecule has 0 heterocycles. The molecule has 0 heteroatoms. The van der Waals surface area contributed by atoms with E-state index in [2.05, 4.69) is 86.3 Å². The standard InChI is InChI=1S/C31H38/c1-3-5-7-25-10-14-27(15-11-25)29-18-22-31(23-19-29)30-20-16-28(17-21-30)26-12-8-24(6-4-2)9-13-26/h3-4,6,8,10-12,14-15,18-19,22-24,26,28,30H,1,5,7,9,13,16-17,20-21H2,2H3. The van der Waals surface area contributed by atoms with Gasteiger partial charge in [-0.05, 0) is 104 Å². The lowest BCUT2D eigenvalue weighted by atomic mass is 9.70. The van der Waals surface area contributed by atoms with E-state index in [1.807, 2.05) is 6.08 Å². The van der Waals surface area contributed by atoms with E-state index in [4.69, 9.17) is 0 Å². The topological polar surface area (TPSA) is 0 Å². The smallest absolute Gasteiger partial charge is 0.00533 e. The van der Waals surface area contributed by atoms with E-state index in [0.717, 1.165) is 30.6 Å². The van der Waals surface area contributed by atoms with Crippen molar-refractivity contribution in [3.05, 3.63) is 96.6 Å². The molecule has 0 saturated heterocycles. The zero-order valence-corrected chi connectivity index (χ0v) is 19.2. The van der Waals surface area contributed by atoms with Gasteiger partial charge in [-0.25, -0.2) is 0 Å². The lowest BCUT2D eigenvalue weighted by Gasteiger charge is -2.35. The van der Waals surface area contributed by atoms with Crippen LogP contribution in [0.1, 0.15) is 68.9 Å². The van der Waals surface area contributed by atoms with Crippen molar-refractivity contribution in [1.29, 1.82) is 0 Å². The van der Waals surface area contributed by atoms with E-state index >= 15 is 0 Å². The van der Waals surface area contributed by atoms with Crippen LogP contribution >= 0.6 is 0 Å². The van der Waals surface area contributed by atoms with Crippen LogP contribution in [0.25, 0.3) is 11.1 Å². The first kappa shape index (κ1) is 21.9. The Morgan fingerprint density at radius 1 is 0.806 bits per heavy atom. The number of hydrogen-bond acceptors (Lipinski definition) is 0. The summed E-state index contributed by atoms with van der Waals surface area (Å²) in [5.41, 5.74) is 5.58. The Hall–Kier alpha value is -2.34. The normalized spacial score (nSPS) is 26.2. The highest BCUT2D eigenvalue weighted by Crippen LogP contribution is 2.42.